The topological polar surface area (TPSA) is 145 Å². The Bertz CT molecular complexity index is 1370. The van der Waals surface area contributed by atoms with Crippen LogP contribution < -0.4 is 10.6 Å². The maximum absolute atomic E-state index is 10.6. The molecule has 2 aliphatic rings. The van der Waals surface area contributed by atoms with E-state index in [0.29, 0.717) is 12.0 Å². The van der Waals surface area contributed by atoms with Gasteiger partial charge in [0.05, 0.1) is 22.3 Å². The molecule has 0 unspecified atom stereocenters. The summed E-state index contributed by atoms with van der Waals surface area (Å²) in [5, 5.41) is 14.2. The minimum Gasteiger partial charge on any atom is -0.475 e. The molecule has 0 bridgehead atoms. The molecule has 9 nitrogen and oxygen atoms in total. The van der Waals surface area contributed by atoms with Gasteiger partial charge in [0.15, 0.2) is 0 Å². The molecule has 0 amide bonds. The van der Waals surface area contributed by atoms with Crippen LogP contribution in [0.25, 0.3) is 22.4 Å². The lowest BCUT2D eigenvalue weighted by atomic mass is 10.0. The first-order valence-electron chi connectivity index (χ1n) is 12.5. The molecule has 0 atom stereocenters. The fourth-order valence-electron chi connectivity index (χ4n) is 4.41. The molecule has 1 saturated carbocycles. The molecule has 3 heterocycles. The Morgan fingerprint density at radius 3 is 1.98 bits per heavy atom. The second-order valence-electron chi connectivity index (χ2n) is 9.89. The van der Waals surface area contributed by atoms with Crippen molar-refractivity contribution in [1.29, 1.82) is 0 Å². The first-order chi connectivity index (χ1) is 19.0. The molecule has 1 saturated heterocycles. The van der Waals surface area contributed by atoms with Crippen molar-refractivity contribution in [3.8, 4) is 11.4 Å². The molecule has 3 aromatic rings. The normalized spacial score (nSPS) is 16.0. The van der Waals surface area contributed by atoms with Crippen LogP contribution in [-0.4, -0.2) is 68.6 Å². The summed E-state index contributed by atoms with van der Waals surface area (Å²) < 4.78 is 63.5. The lowest BCUT2D eigenvalue weighted by molar-refractivity contribution is -0.193. The molecule has 1 aromatic carbocycles. The van der Waals surface area contributed by atoms with Crippen molar-refractivity contribution in [2.75, 3.05) is 18.0 Å². The Hall–Kier alpha value is -3.88. The summed E-state index contributed by atoms with van der Waals surface area (Å²) in [7, 11) is 0. The van der Waals surface area contributed by atoms with Gasteiger partial charge >= 0.3 is 24.3 Å². The predicted octanol–water partition coefficient (Wildman–Crippen LogP) is 5.31. The number of anilines is 1. The highest BCUT2D eigenvalue weighted by molar-refractivity contribution is 5.86. The SMILES string of the molecule is Cc1cc(C)c2nc(-c3cncc(C4CC4)c3N3CCC(N)CC3)[nH]c2c1.O=C(O)C(F)(F)F.O=C(O)C(F)(F)F. The van der Waals surface area contributed by atoms with Crippen molar-refractivity contribution in [3.05, 3.63) is 41.2 Å². The number of aryl methyl sites for hydroxylation is 2. The number of fused-ring (bicyclic) bond motifs is 1. The molecule has 224 valence electrons. The van der Waals surface area contributed by atoms with Gasteiger partial charge in [-0.05, 0) is 68.2 Å². The highest BCUT2D eigenvalue weighted by Gasteiger charge is 2.39. The van der Waals surface area contributed by atoms with E-state index in [9.17, 15) is 26.3 Å². The lowest BCUT2D eigenvalue weighted by Gasteiger charge is -2.34. The number of halogens is 6. The standard InChI is InChI=1S/C22H27N5.2C2HF3O2/c1-13-9-14(2)20-19(10-13)25-22(26-20)18-12-24-11-17(15-3-4-15)21(18)27-7-5-16(23)6-8-27;2*3-2(4,5)1(6)7/h9-12,15-16H,3-8,23H2,1-2H3,(H,25,26);2*(H,6,7). The molecule has 2 aromatic heterocycles. The van der Waals surface area contributed by atoms with Crippen molar-refractivity contribution in [3.63, 3.8) is 0 Å². The highest BCUT2D eigenvalue weighted by Crippen LogP contribution is 2.47. The molecule has 41 heavy (non-hydrogen) atoms. The molecule has 1 aliphatic carbocycles. The summed E-state index contributed by atoms with van der Waals surface area (Å²) in [6, 6.07) is 4.70. The second-order valence-corrected chi connectivity index (χ2v) is 9.89. The minimum atomic E-state index is -5.08. The van der Waals surface area contributed by atoms with E-state index >= 15 is 0 Å². The van der Waals surface area contributed by atoms with Gasteiger partial charge in [-0.25, -0.2) is 14.6 Å². The number of pyridine rings is 1. The fourth-order valence-corrected chi connectivity index (χ4v) is 4.41. The summed E-state index contributed by atoms with van der Waals surface area (Å²) in [5.41, 5.74) is 14.6. The van der Waals surface area contributed by atoms with Crippen LogP contribution in [0.5, 0.6) is 0 Å². The first kappa shape index (κ1) is 31.6. The number of carboxylic acid groups (broad SMARTS) is 2. The van der Waals surface area contributed by atoms with Crippen LogP contribution in [0.2, 0.25) is 0 Å². The van der Waals surface area contributed by atoms with E-state index in [1.807, 2.05) is 6.20 Å². The highest BCUT2D eigenvalue weighted by atomic mass is 19.4. The third kappa shape index (κ3) is 8.31. The number of alkyl halides is 6. The number of nitrogens with one attached hydrogen (secondary N) is 1. The molecule has 1 aliphatic heterocycles. The maximum atomic E-state index is 10.6. The number of aliphatic carboxylic acids is 2. The average Bonchev–Trinajstić information content (AvgIpc) is 3.62. The van der Waals surface area contributed by atoms with Crippen molar-refractivity contribution >= 4 is 28.7 Å². The number of H-pyrrole nitrogens is 1. The third-order valence-corrected chi connectivity index (χ3v) is 6.48. The van der Waals surface area contributed by atoms with Gasteiger partial charge in [0, 0.05) is 31.5 Å². The Kier molecular flexibility index (Phi) is 9.51. The van der Waals surface area contributed by atoms with E-state index < -0.39 is 24.3 Å². The molecule has 0 radical (unpaired) electrons. The molecule has 2 fully saturated rings. The van der Waals surface area contributed by atoms with E-state index in [2.05, 4.69) is 47.0 Å². The Balaban J connectivity index is 0.000000276. The maximum Gasteiger partial charge on any atom is 0.490 e. The van der Waals surface area contributed by atoms with Crippen molar-refractivity contribution in [2.45, 2.75) is 63.8 Å². The van der Waals surface area contributed by atoms with Gasteiger partial charge in [0.25, 0.3) is 0 Å². The number of hydrogen-bond donors (Lipinski definition) is 4. The van der Waals surface area contributed by atoms with Crippen LogP contribution in [-0.2, 0) is 9.59 Å². The summed E-state index contributed by atoms with van der Waals surface area (Å²) >= 11 is 0. The zero-order valence-corrected chi connectivity index (χ0v) is 22.1. The van der Waals surface area contributed by atoms with E-state index in [0.717, 1.165) is 48.4 Å². The van der Waals surface area contributed by atoms with Gasteiger partial charge in [0.2, 0.25) is 0 Å². The number of nitrogens with two attached hydrogens (primary N) is 1. The van der Waals surface area contributed by atoms with E-state index in [1.165, 1.54) is 35.2 Å². The first-order valence-corrected chi connectivity index (χ1v) is 12.5. The number of imidazole rings is 1. The quantitative estimate of drug-likeness (QED) is 0.301. The molecule has 5 N–H and O–H groups in total. The number of carboxylic acids is 2. The average molecular weight is 590 g/mol. The molecule has 15 heteroatoms. The second kappa shape index (κ2) is 12.3. The van der Waals surface area contributed by atoms with Crippen LogP contribution >= 0.6 is 0 Å². The number of carbonyl (C=O) groups is 2. The van der Waals surface area contributed by atoms with E-state index in [4.69, 9.17) is 30.5 Å². The number of piperidine rings is 1. The van der Waals surface area contributed by atoms with Gasteiger partial charge in [-0.15, -0.1) is 0 Å². The molecule has 5 rings (SSSR count). The van der Waals surface area contributed by atoms with Crippen LogP contribution in [0.4, 0.5) is 32.0 Å². The predicted molar refractivity (Wildman–Crippen MR) is 138 cm³/mol. The number of aromatic nitrogens is 3. The molecule has 0 spiro atoms. The van der Waals surface area contributed by atoms with Gasteiger partial charge in [-0.2, -0.15) is 26.3 Å². The number of aromatic amines is 1. The zero-order valence-electron chi connectivity index (χ0n) is 22.1. The zero-order chi connectivity index (χ0) is 30.7. The van der Waals surface area contributed by atoms with Gasteiger partial charge in [-0.3, -0.25) is 4.98 Å². The van der Waals surface area contributed by atoms with Crippen molar-refractivity contribution < 1.29 is 46.1 Å². The van der Waals surface area contributed by atoms with Gasteiger partial charge in [-0.1, -0.05) is 6.07 Å². The van der Waals surface area contributed by atoms with Crippen LogP contribution in [0.3, 0.4) is 0 Å². The van der Waals surface area contributed by atoms with Crippen LogP contribution in [0, 0.1) is 13.8 Å². The number of rotatable bonds is 3. The smallest absolute Gasteiger partial charge is 0.475 e. The number of nitrogens with zero attached hydrogens (tertiary/aromatic N) is 3. The lowest BCUT2D eigenvalue weighted by Crippen LogP contribution is -2.40. The van der Waals surface area contributed by atoms with E-state index in [1.54, 1.807) is 0 Å². The molecular formula is C26H29F6N5O4. The summed E-state index contributed by atoms with van der Waals surface area (Å²) in [6.45, 7) is 6.28. The van der Waals surface area contributed by atoms with Crippen LogP contribution in [0.15, 0.2) is 24.5 Å². The Morgan fingerprint density at radius 2 is 1.49 bits per heavy atom. The Morgan fingerprint density at radius 1 is 0.951 bits per heavy atom. The summed E-state index contributed by atoms with van der Waals surface area (Å²) in [4.78, 5) is 33.4. The van der Waals surface area contributed by atoms with Crippen molar-refractivity contribution in [2.24, 2.45) is 5.73 Å². The monoisotopic (exact) mass is 589 g/mol. The van der Waals surface area contributed by atoms with Crippen molar-refractivity contribution in [1.82, 2.24) is 15.0 Å². The largest absolute Gasteiger partial charge is 0.490 e. The third-order valence-electron chi connectivity index (χ3n) is 6.48. The van der Waals surface area contributed by atoms with E-state index in [-0.39, 0.29) is 0 Å². The van der Waals surface area contributed by atoms with Crippen LogP contribution in [0.1, 0.15) is 48.3 Å². The molecular weight excluding hydrogens is 560 g/mol. The van der Waals surface area contributed by atoms with Gasteiger partial charge in [0.1, 0.15) is 5.82 Å². The Labute approximate surface area is 230 Å². The fraction of sp³-hybridized carbons (Fsp3) is 0.462. The van der Waals surface area contributed by atoms with Gasteiger partial charge < -0.3 is 25.8 Å². The number of benzene rings is 1. The summed E-state index contributed by atoms with van der Waals surface area (Å²) in [5.74, 6) is -3.94. The summed E-state index contributed by atoms with van der Waals surface area (Å²) in [6.07, 6.45) is -1.48. The number of hydrogen-bond acceptors (Lipinski definition) is 6. The minimum absolute atomic E-state index is 0.327.